The van der Waals surface area contributed by atoms with Crippen LogP contribution in [0.5, 0.6) is 0 Å². The molecule has 3 rings (SSSR count). The number of nitrogens with zero attached hydrogens (tertiary/aromatic N) is 1. The Morgan fingerprint density at radius 3 is 2.52 bits per heavy atom. The van der Waals surface area contributed by atoms with Crippen LogP contribution < -0.4 is 5.32 Å². The van der Waals surface area contributed by atoms with Crippen molar-refractivity contribution in [3.63, 3.8) is 0 Å². The van der Waals surface area contributed by atoms with E-state index < -0.39 is 0 Å². The van der Waals surface area contributed by atoms with Crippen molar-refractivity contribution in [2.45, 2.75) is 38.1 Å². The number of amides is 2. The molecular formula is C23H27FN2O2S. The number of piperidine rings is 1. The molecule has 0 aromatic heterocycles. The van der Waals surface area contributed by atoms with Crippen molar-refractivity contribution in [3.8, 4) is 0 Å². The zero-order valence-corrected chi connectivity index (χ0v) is 17.7. The molecule has 0 unspecified atom stereocenters. The molecule has 0 spiro atoms. The molecule has 29 heavy (non-hydrogen) atoms. The number of benzene rings is 2. The highest BCUT2D eigenvalue weighted by Gasteiger charge is 2.27. The van der Waals surface area contributed by atoms with Gasteiger partial charge in [-0.05, 0) is 55.5 Å². The number of hydrogen-bond donors (Lipinski definition) is 1. The van der Waals surface area contributed by atoms with Gasteiger partial charge in [0.2, 0.25) is 11.8 Å². The molecule has 0 atom stereocenters. The zero-order chi connectivity index (χ0) is 20.8. The van der Waals surface area contributed by atoms with Crippen LogP contribution in [0.25, 0.3) is 0 Å². The highest BCUT2D eigenvalue weighted by Crippen LogP contribution is 2.24. The standard InChI is InChI=1S/C23H27FN2O2S/c1-16-7-8-18(13-20(16)24)14-25-23(28)19-9-11-26(12-10-19)22(27)15-29-21-6-4-3-5-17(21)2/h3-8,13,19H,9-12,14-15H2,1-2H3,(H,25,28). The van der Waals surface area contributed by atoms with E-state index >= 15 is 0 Å². The lowest BCUT2D eigenvalue weighted by atomic mass is 9.96. The minimum absolute atomic E-state index is 0.0210. The van der Waals surface area contributed by atoms with Crippen LogP contribution in [-0.2, 0) is 16.1 Å². The number of carbonyl (C=O) groups excluding carboxylic acids is 2. The van der Waals surface area contributed by atoms with Crippen molar-refractivity contribution >= 4 is 23.6 Å². The Morgan fingerprint density at radius 2 is 1.83 bits per heavy atom. The van der Waals surface area contributed by atoms with Gasteiger partial charge in [0.15, 0.2) is 0 Å². The van der Waals surface area contributed by atoms with Gasteiger partial charge in [-0.25, -0.2) is 4.39 Å². The van der Waals surface area contributed by atoms with E-state index in [0.29, 0.717) is 43.8 Å². The molecule has 1 aliphatic rings. The smallest absolute Gasteiger partial charge is 0.232 e. The fourth-order valence-electron chi connectivity index (χ4n) is 3.42. The molecule has 4 nitrogen and oxygen atoms in total. The SMILES string of the molecule is Cc1ccc(CNC(=O)C2CCN(C(=O)CSc3ccccc3C)CC2)cc1F. The molecule has 1 saturated heterocycles. The summed E-state index contributed by atoms with van der Waals surface area (Å²) in [5, 5.41) is 2.90. The van der Waals surface area contributed by atoms with E-state index in [2.05, 4.69) is 5.32 Å². The third-order valence-corrected chi connectivity index (χ3v) is 6.53. The predicted octanol–water partition coefficient (Wildman–Crippen LogP) is 4.09. The van der Waals surface area contributed by atoms with Gasteiger partial charge in [0.1, 0.15) is 5.82 Å². The summed E-state index contributed by atoms with van der Waals surface area (Å²) in [5.74, 6) is 0.158. The Bertz CT molecular complexity index is 879. The van der Waals surface area contributed by atoms with E-state index in [0.717, 1.165) is 10.5 Å². The number of nitrogens with one attached hydrogen (secondary N) is 1. The van der Waals surface area contributed by atoms with Crippen LogP contribution in [-0.4, -0.2) is 35.6 Å². The van der Waals surface area contributed by atoms with Crippen LogP contribution in [0.1, 0.15) is 29.5 Å². The molecule has 2 aromatic rings. The second kappa shape index (κ2) is 9.92. The molecule has 6 heteroatoms. The van der Waals surface area contributed by atoms with Gasteiger partial charge in [0.05, 0.1) is 5.75 Å². The van der Waals surface area contributed by atoms with E-state index in [-0.39, 0.29) is 23.5 Å². The molecule has 1 heterocycles. The van der Waals surface area contributed by atoms with Crippen molar-refractivity contribution in [1.82, 2.24) is 10.2 Å². The third kappa shape index (κ3) is 5.82. The summed E-state index contributed by atoms with van der Waals surface area (Å²) in [5.41, 5.74) is 2.52. The van der Waals surface area contributed by atoms with Crippen LogP contribution in [0, 0.1) is 25.6 Å². The lowest BCUT2D eigenvalue weighted by Crippen LogP contribution is -2.43. The molecule has 2 aromatic carbocycles. The second-order valence-electron chi connectivity index (χ2n) is 7.51. The number of aryl methyl sites for hydroxylation is 2. The fraction of sp³-hybridized carbons (Fsp3) is 0.391. The maximum Gasteiger partial charge on any atom is 0.232 e. The summed E-state index contributed by atoms with van der Waals surface area (Å²) in [7, 11) is 0. The maximum absolute atomic E-state index is 13.6. The summed E-state index contributed by atoms with van der Waals surface area (Å²) >= 11 is 1.56. The number of halogens is 1. The monoisotopic (exact) mass is 414 g/mol. The lowest BCUT2D eigenvalue weighted by molar-refractivity contribution is -0.133. The topological polar surface area (TPSA) is 49.4 Å². The van der Waals surface area contributed by atoms with Crippen LogP contribution >= 0.6 is 11.8 Å². The average molecular weight is 415 g/mol. The van der Waals surface area contributed by atoms with Gasteiger partial charge in [-0.15, -0.1) is 11.8 Å². The van der Waals surface area contributed by atoms with Crippen molar-refractivity contribution in [1.29, 1.82) is 0 Å². The normalized spacial score (nSPS) is 14.7. The molecule has 1 fully saturated rings. The van der Waals surface area contributed by atoms with Crippen molar-refractivity contribution in [2.24, 2.45) is 5.92 Å². The summed E-state index contributed by atoms with van der Waals surface area (Å²) in [6.07, 6.45) is 1.32. The quantitative estimate of drug-likeness (QED) is 0.725. The first-order valence-electron chi connectivity index (χ1n) is 9.93. The summed E-state index contributed by atoms with van der Waals surface area (Å²) in [4.78, 5) is 27.9. The molecule has 154 valence electrons. The summed E-state index contributed by atoms with van der Waals surface area (Å²) in [6.45, 7) is 5.28. The lowest BCUT2D eigenvalue weighted by Gasteiger charge is -2.31. The Balaban J connectivity index is 1.42. The number of hydrogen-bond acceptors (Lipinski definition) is 3. The Morgan fingerprint density at radius 1 is 1.10 bits per heavy atom. The highest BCUT2D eigenvalue weighted by molar-refractivity contribution is 8.00. The largest absolute Gasteiger partial charge is 0.352 e. The Labute approximate surface area is 175 Å². The molecule has 0 aliphatic carbocycles. The van der Waals surface area contributed by atoms with E-state index in [1.54, 1.807) is 24.8 Å². The minimum atomic E-state index is -0.257. The first-order valence-corrected chi connectivity index (χ1v) is 10.9. The molecule has 0 bridgehead atoms. The second-order valence-corrected chi connectivity index (χ2v) is 8.53. The van der Waals surface area contributed by atoms with Crippen LogP contribution in [0.15, 0.2) is 47.4 Å². The van der Waals surface area contributed by atoms with Crippen molar-refractivity contribution < 1.29 is 14.0 Å². The molecule has 1 N–H and O–H groups in total. The molecule has 0 saturated carbocycles. The fourth-order valence-corrected chi connectivity index (χ4v) is 4.35. The van der Waals surface area contributed by atoms with E-state index in [4.69, 9.17) is 0 Å². The van der Waals surface area contributed by atoms with E-state index in [9.17, 15) is 14.0 Å². The van der Waals surface area contributed by atoms with Gasteiger partial charge in [0.25, 0.3) is 0 Å². The first-order chi connectivity index (χ1) is 13.9. The molecule has 1 aliphatic heterocycles. The molecule has 2 amide bonds. The maximum atomic E-state index is 13.6. The first kappa shape index (κ1) is 21.4. The van der Waals surface area contributed by atoms with Gasteiger partial charge in [-0.2, -0.15) is 0 Å². The van der Waals surface area contributed by atoms with Crippen LogP contribution in [0.2, 0.25) is 0 Å². The number of likely N-dealkylation sites (tertiary alicyclic amines) is 1. The number of thioether (sulfide) groups is 1. The third-order valence-electron chi connectivity index (χ3n) is 5.37. The molecule has 0 radical (unpaired) electrons. The molecular weight excluding hydrogens is 387 g/mol. The predicted molar refractivity (Wildman–Crippen MR) is 114 cm³/mol. The zero-order valence-electron chi connectivity index (χ0n) is 16.9. The van der Waals surface area contributed by atoms with Gasteiger partial charge in [-0.1, -0.05) is 30.3 Å². The van der Waals surface area contributed by atoms with Gasteiger partial charge in [-0.3, -0.25) is 9.59 Å². The minimum Gasteiger partial charge on any atom is -0.352 e. The summed E-state index contributed by atoms with van der Waals surface area (Å²) in [6, 6.07) is 13.1. The Kier molecular flexibility index (Phi) is 7.31. The average Bonchev–Trinajstić information content (AvgIpc) is 2.73. The van der Waals surface area contributed by atoms with Gasteiger partial charge < -0.3 is 10.2 Å². The highest BCUT2D eigenvalue weighted by atomic mass is 32.2. The van der Waals surface area contributed by atoms with Crippen LogP contribution in [0.3, 0.4) is 0 Å². The van der Waals surface area contributed by atoms with Crippen molar-refractivity contribution in [3.05, 3.63) is 65.0 Å². The van der Waals surface area contributed by atoms with Crippen molar-refractivity contribution in [2.75, 3.05) is 18.8 Å². The number of rotatable bonds is 6. The van der Waals surface area contributed by atoms with E-state index in [1.165, 1.54) is 11.6 Å². The van der Waals surface area contributed by atoms with Gasteiger partial charge >= 0.3 is 0 Å². The van der Waals surface area contributed by atoms with E-state index in [1.807, 2.05) is 42.2 Å². The Hall–Kier alpha value is -2.34. The van der Waals surface area contributed by atoms with Crippen LogP contribution in [0.4, 0.5) is 4.39 Å². The van der Waals surface area contributed by atoms with Gasteiger partial charge in [0, 0.05) is 30.4 Å². The summed E-state index contributed by atoms with van der Waals surface area (Å²) < 4.78 is 13.6. The number of carbonyl (C=O) groups is 2.